The van der Waals surface area contributed by atoms with Crippen molar-refractivity contribution in [2.45, 2.75) is 25.7 Å². The van der Waals surface area contributed by atoms with E-state index in [4.69, 9.17) is 18.6 Å². The van der Waals surface area contributed by atoms with E-state index in [0.717, 1.165) is 11.4 Å². The molecule has 0 bridgehead atoms. The molecule has 10 nitrogen and oxygen atoms in total. The van der Waals surface area contributed by atoms with Crippen LogP contribution in [0.3, 0.4) is 0 Å². The lowest BCUT2D eigenvalue weighted by Crippen LogP contribution is -2.09. The molecule has 0 amide bonds. The van der Waals surface area contributed by atoms with Gasteiger partial charge in [-0.1, -0.05) is 6.07 Å². The van der Waals surface area contributed by atoms with Crippen LogP contribution in [0.2, 0.25) is 0 Å². The SMILES string of the molecule is O=S(=O)(O)CCCCOc1ccc(NNc2cccc(OCCCCS(=O)(=O)O)c2)cc1. The average Bonchev–Trinajstić information content (AvgIpc) is 2.71. The van der Waals surface area contributed by atoms with Crippen molar-refractivity contribution in [1.82, 2.24) is 0 Å². The topological polar surface area (TPSA) is 151 Å². The molecular weight excluding hydrogens is 460 g/mol. The third kappa shape index (κ3) is 11.7. The van der Waals surface area contributed by atoms with Crippen molar-refractivity contribution in [2.75, 3.05) is 35.6 Å². The molecule has 2 rings (SSSR count). The molecule has 0 aliphatic carbocycles. The van der Waals surface area contributed by atoms with Crippen LogP contribution in [0.25, 0.3) is 0 Å². The zero-order chi connectivity index (χ0) is 23.5. The quantitative estimate of drug-likeness (QED) is 0.167. The average molecular weight is 489 g/mol. The number of hydrogen-bond donors (Lipinski definition) is 4. The molecule has 0 radical (unpaired) electrons. The van der Waals surface area contributed by atoms with Gasteiger partial charge in [0.15, 0.2) is 0 Å². The number of hydrogen-bond acceptors (Lipinski definition) is 8. The summed E-state index contributed by atoms with van der Waals surface area (Å²) in [5.41, 5.74) is 7.66. The minimum absolute atomic E-state index is 0.273. The monoisotopic (exact) mass is 488 g/mol. The van der Waals surface area contributed by atoms with Gasteiger partial charge in [-0.25, -0.2) is 0 Å². The Balaban J connectivity index is 1.70. The smallest absolute Gasteiger partial charge is 0.264 e. The largest absolute Gasteiger partial charge is 0.494 e. The first-order valence-corrected chi connectivity index (χ1v) is 13.2. The van der Waals surface area contributed by atoms with Crippen LogP contribution in [-0.4, -0.2) is 50.7 Å². The summed E-state index contributed by atoms with van der Waals surface area (Å²) in [5, 5.41) is 0. The summed E-state index contributed by atoms with van der Waals surface area (Å²) in [7, 11) is -7.86. The van der Waals surface area contributed by atoms with Crippen molar-refractivity contribution in [3.8, 4) is 11.5 Å². The van der Waals surface area contributed by atoms with E-state index >= 15 is 0 Å². The van der Waals surface area contributed by atoms with Gasteiger partial charge in [0.1, 0.15) is 11.5 Å². The Morgan fingerprint density at radius 1 is 0.656 bits per heavy atom. The normalized spacial score (nSPS) is 11.7. The maximum absolute atomic E-state index is 10.7. The fourth-order valence-electron chi connectivity index (χ4n) is 2.60. The van der Waals surface area contributed by atoms with Gasteiger partial charge in [-0.2, -0.15) is 16.8 Å². The van der Waals surface area contributed by atoms with Crippen LogP contribution in [0.1, 0.15) is 25.7 Å². The van der Waals surface area contributed by atoms with Crippen molar-refractivity contribution < 1.29 is 35.4 Å². The van der Waals surface area contributed by atoms with Crippen LogP contribution in [0, 0.1) is 0 Å². The Hall–Kier alpha value is -2.54. The minimum Gasteiger partial charge on any atom is -0.494 e. The summed E-state index contributed by atoms with van der Waals surface area (Å²) in [6.45, 7) is 0.687. The number of unbranched alkanes of at least 4 members (excludes halogenated alkanes) is 2. The highest BCUT2D eigenvalue weighted by Gasteiger charge is 2.05. The van der Waals surface area contributed by atoms with Gasteiger partial charge in [-0.15, -0.1) is 0 Å². The van der Waals surface area contributed by atoms with Gasteiger partial charge < -0.3 is 20.3 Å². The van der Waals surface area contributed by atoms with Crippen molar-refractivity contribution >= 4 is 31.6 Å². The molecule has 4 N–H and O–H groups in total. The molecule has 178 valence electrons. The first kappa shape index (κ1) is 25.7. The van der Waals surface area contributed by atoms with Crippen LogP contribution in [0.5, 0.6) is 11.5 Å². The highest BCUT2D eigenvalue weighted by Crippen LogP contribution is 2.20. The maximum atomic E-state index is 10.7. The number of ether oxygens (including phenoxy) is 2. The summed E-state index contributed by atoms with van der Waals surface area (Å²) < 4.78 is 71.2. The Kier molecular flexibility index (Phi) is 10.0. The lowest BCUT2D eigenvalue weighted by molar-refractivity contribution is 0.309. The van der Waals surface area contributed by atoms with E-state index in [1.807, 2.05) is 24.3 Å². The van der Waals surface area contributed by atoms with E-state index < -0.39 is 20.2 Å². The molecule has 2 aromatic carbocycles. The highest BCUT2D eigenvalue weighted by atomic mass is 32.2. The first-order valence-electron chi connectivity index (χ1n) is 9.99. The van der Waals surface area contributed by atoms with Gasteiger partial charge in [-0.05, 0) is 62.1 Å². The molecule has 0 aromatic heterocycles. The summed E-state index contributed by atoms with van der Waals surface area (Å²) in [5.74, 6) is 0.721. The second kappa shape index (κ2) is 12.5. The molecule has 0 aliphatic rings. The van der Waals surface area contributed by atoms with E-state index in [1.54, 1.807) is 24.3 Å². The number of rotatable bonds is 15. The van der Waals surface area contributed by atoms with Gasteiger partial charge in [-0.3, -0.25) is 9.11 Å². The fourth-order valence-corrected chi connectivity index (χ4v) is 3.73. The highest BCUT2D eigenvalue weighted by molar-refractivity contribution is 7.86. The molecular formula is C20H28N2O8S2. The van der Waals surface area contributed by atoms with E-state index in [1.165, 1.54) is 0 Å². The summed E-state index contributed by atoms with van der Waals surface area (Å²) in [4.78, 5) is 0. The molecule has 12 heteroatoms. The molecule has 32 heavy (non-hydrogen) atoms. The van der Waals surface area contributed by atoms with Crippen molar-refractivity contribution in [3.63, 3.8) is 0 Å². The second-order valence-corrected chi connectivity index (χ2v) is 10.1. The number of hydrazine groups is 1. The standard InChI is InChI=1S/C20H28N2O8S2/c23-31(24,25)14-3-1-12-29-19-10-8-17(9-11-19)21-22-18-6-5-7-20(16-18)30-13-2-4-15-32(26,27)28/h5-11,16,21-22H,1-4,12-15H2,(H,23,24,25)(H,26,27,28). The Bertz CT molecular complexity index is 1040. The zero-order valence-corrected chi connectivity index (χ0v) is 19.1. The van der Waals surface area contributed by atoms with Gasteiger partial charge in [0, 0.05) is 6.07 Å². The van der Waals surface area contributed by atoms with Crippen molar-refractivity contribution in [1.29, 1.82) is 0 Å². The van der Waals surface area contributed by atoms with Crippen LogP contribution in [0.4, 0.5) is 11.4 Å². The summed E-state index contributed by atoms with van der Waals surface area (Å²) >= 11 is 0. The van der Waals surface area contributed by atoms with Crippen LogP contribution >= 0.6 is 0 Å². The molecule has 0 saturated carbocycles. The van der Waals surface area contributed by atoms with E-state index in [9.17, 15) is 16.8 Å². The van der Waals surface area contributed by atoms with Gasteiger partial charge in [0.25, 0.3) is 20.2 Å². The summed E-state index contributed by atoms with van der Waals surface area (Å²) in [6.07, 6.45) is 1.67. The molecule has 0 spiro atoms. The van der Waals surface area contributed by atoms with Gasteiger partial charge in [0.2, 0.25) is 0 Å². The Morgan fingerprint density at radius 3 is 1.75 bits per heavy atom. The third-order valence-corrected chi connectivity index (χ3v) is 5.78. The number of anilines is 2. The molecule has 0 aliphatic heterocycles. The molecule has 0 fully saturated rings. The van der Waals surface area contributed by atoms with Gasteiger partial charge >= 0.3 is 0 Å². The molecule has 0 heterocycles. The Morgan fingerprint density at radius 2 is 1.19 bits per heavy atom. The number of benzene rings is 2. The van der Waals surface area contributed by atoms with Crippen LogP contribution < -0.4 is 20.3 Å². The summed E-state index contributed by atoms with van der Waals surface area (Å²) in [6, 6.07) is 14.4. The molecule has 0 unspecified atom stereocenters. The van der Waals surface area contributed by atoms with Crippen LogP contribution in [0.15, 0.2) is 48.5 Å². The first-order chi connectivity index (χ1) is 15.1. The predicted octanol–water partition coefficient (Wildman–Crippen LogP) is 3.22. The number of nitrogens with one attached hydrogen (secondary N) is 2. The molecule has 0 saturated heterocycles. The lowest BCUT2D eigenvalue weighted by Gasteiger charge is -2.12. The lowest BCUT2D eigenvalue weighted by atomic mass is 10.3. The van der Waals surface area contributed by atoms with Crippen molar-refractivity contribution in [2.24, 2.45) is 0 Å². The minimum atomic E-state index is -3.93. The van der Waals surface area contributed by atoms with Crippen molar-refractivity contribution in [3.05, 3.63) is 48.5 Å². The molecule has 2 aromatic rings. The Labute approximate surface area is 188 Å². The van der Waals surface area contributed by atoms with Crippen LogP contribution in [-0.2, 0) is 20.2 Å². The van der Waals surface area contributed by atoms with Gasteiger partial charge in [0.05, 0.1) is 36.1 Å². The fraction of sp³-hybridized carbons (Fsp3) is 0.400. The van der Waals surface area contributed by atoms with E-state index in [-0.39, 0.29) is 11.5 Å². The third-order valence-electron chi connectivity index (χ3n) is 4.17. The zero-order valence-electron chi connectivity index (χ0n) is 17.4. The maximum Gasteiger partial charge on any atom is 0.264 e. The predicted molar refractivity (Wildman–Crippen MR) is 122 cm³/mol. The van der Waals surface area contributed by atoms with E-state index in [0.29, 0.717) is 50.4 Å². The molecule has 0 atom stereocenters. The second-order valence-electron chi connectivity index (χ2n) is 6.99. The van der Waals surface area contributed by atoms with E-state index in [2.05, 4.69) is 10.9 Å².